The van der Waals surface area contributed by atoms with Gasteiger partial charge in [-0.05, 0) is 30.0 Å². The molecule has 2 N–H and O–H groups in total. The Morgan fingerprint density at radius 1 is 1.00 bits per heavy atom. The number of carbonyl (C=O) groups is 1. The molecule has 2 aliphatic rings. The Bertz CT molecular complexity index is 885. The Kier molecular flexibility index (Phi) is 3.64. The van der Waals surface area contributed by atoms with Gasteiger partial charge in [0.2, 0.25) is 0 Å². The summed E-state index contributed by atoms with van der Waals surface area (Å²) in [4.78, 5) is 13.0. The van der Waals surface area contributed by atoms with E-state index in [9.17, 15) is 9.18 Å². The van der Waals surface area contributed by atoms with E-state index in [1.54, 1.807) is 12.1 Å². The smallest absolute Gasteiger partial charge is 0.163 e. The number of Topliss-reactive ketones (excluding diaryl/α,β-unsaturated/α-hetero) is 1. The second-order valence-corrected chi connectivity index (χ2v) is 7.60. The van der Waals surface area contributed by atoms with Gasteiger partial charge in [0.05, 0.1) is 17.4 Å². The molecule has 0 bridgehead atoms. The molecule has 4 rings (SSSR count). The lowest BCUT2D eigenvalue weighted by Gasteiger charge is -2.34. The molecule has 1 heterocycles. The molecule has 25 heavy (non-hydrogen) atoms. The number of anilines is 2. The average molecular weight is 336 g/mol. The van der Waals surface area contributed by atoms with Crippen LogP contribution in [-0.2, 0) is 4.79 Å². The summed E-state index contributed by atoms with van der Waals surface area (Å²) in [6.07, 6.45) is 1.23. The number of allylic oxidation sites excluding steroid dienone is 1. The minimum Gasteiger partial charge on any atom is -0.372 e. The van der Waals surface area contributed by atoms with Gasteiger partial charge in [0.1, 0.15) is 5.82 Å². The van der Waals surface area contributed by atoms with Crippen molar-refractivity contribution in [1.29, 1.82) is 0 Å². The normalized spacial score (nSPS) is 21.6. The van der Waals surface area contributed by atoms with Gasteiger partial charge < -0.3 is 10.6 Å². The summed E-state index contributed by atoms with van der Waals surface area (Å²) in [5.41, 5.74) is 3.73. The zero-order valence-corrected chi connectivity index (χ0v) is 14.4. The van der Waals surface area contributed by atoms with Crippen molar-refractivity contribution >= 4 is 17.2 Å². The van der Waals surface area contributed by atoms with E-state index in [0.29, 0.717) is 17.6 Å². The Morgan fingerprint density at radius 3 is 2.44 bits per heavy atom. The second kappa shape index (κ2) is 5.73. The lowest BCUT2D eigenvalue weighted by atomic mass is 9.73. The molecule has 3 nitrogen and oxygen atoms in total. The highest BCUT2D eigenvalue weighted by molar-refractivity contribution is 6.01. The van der Waals surface area contributed by atoms with Crippen LogP contribution in [0.5, 0.6) is 0 Å². The van der Waals surface area contributed by atoms with E-state index in [1.165, 1.54) is 6.07 Å². The number of fused-ring (bicyclic) bond motifs is 1. The van der Waals surface area contributed by atoms with E-state index in [2.05, 4.69) is 24.5 Å². The van der Waals surface area contributed by atoms with Crippen LogP contribution in [0, 0.1) is 11.2 Å². The second-order valence-electron chi connectivity index (χ2n) is 7.60. The number of carbonyl (C=O) groups excluding carboxylic acids is 1. The number of hydrogen-bond donors (Lipinski definition) is 2. The predicted octanol–water partition coefficient (Wildman–Crippen LogP) is 5.05. The molecule has 0 amide bonds. The first kappa shape index (κ1) is 15.9. The average Bonchev–Trinajstić information content (AvgIpc) is 2.70. The van der Waals surface area contributed by atoms with Crippen molar-refractivity contribution < 1.29 is 9.18 Å². The summed E-state index contributed by atoms with van der Waals surface area (Å²) >= 11 is 0. The molecule has 0 spiro atoms. The number of ketones is 1. The van der Waals surface area contributed by atoms with Gasteiger partial charge in [-0.1, -0.05) is 44.2 Å². The van der Waals surface area contributed by atoms with Gasteiger partial charge >= 0.3 is 0 Å². The van der Waals surface area contributed by atoms with E-state index < -0.39 is 6.04 Å². The van der Waals surface area contributed by atoms with Crippen molar-refractivity contribution in [2.45, 2.75) is 32.7 Å². The molecule has 1 aliphatic carbocycles. The van der Waals surface area contributed by atoms with Crippen molar-refractivity contribution in [2.75, 3.05) is 10.6 Å². The lowest BCUT2D eigenvalue weighted by Crippen LogP contribution is -2.31. The van der Waals surface area contributed by atoms with Crippen LogP contribution in [0.15, 0.2) is 59.8 Å². The van der Waals surface area contributed by atoms with E-state index in [1.807, 2.05) is 30.3 Å². The van der Waals surface area contributed by atoms with E-state index in [-0.39, 0.29) is 17.0 Å². The molecule has 0 saturated carbocycles. The summed E-state index contributed by atoms with van der Waals surface area (Å²) in [5.74, 6) is -0.226. The number of nitrogens with one attached hydrogen (secondary N) is 2. The highest BCUT2D eigenvalue weighted by Gasteiger charge is 2.39. The van der Waals surface area contributed by atoms with Crippen LogP contribution in [0.1, 0.15) is 38.3 Å². The van der Waals surface area contributed by atoms with Crippen molar-refractivity contribution in [3.05, 3.63) is 71.2 Å². The van der Waals surface area contributed by atoms with Crippen LogP contribution in [0.25, 0.3) is 0 Å². The SMILES string of the molecule is CC1(C)CC(=O)C2=C(C1)Nc1ccccc1N[C@@H]2c1ccccc1F. The van der Waals surface area contributed by atoms with Gasteiger partial charge in [-0.25, -0.2) is 4.39 Å². The fraction of sp³-hybridized carbons (Fsp3) is 0.286. The number of hydrogen-bond acceptors (Lipinski definition) is 3. The Hall–Kier alpha value is -2.62. The molecular weight excluding hydrogens is 315 g/mol. The third kappa shape index (κ3) is 2.82. The number of para-hydroxylation sites is 2. The topological polar surface area (TPSA) is 41.1 Å². The van der Waals surface area contributed by atoms with Gasteiger partial charge in [0.25, 0.3) is 0 Å². The van der Waals surface area contributed by atoms with E-state index >= 15 is 0 Å². The van der Waals surface area contributed by atoms with Crippen molar-refractivity contribution in [3.63, 3.8) is 0 Å². The molecule has 2 aromatic rings. The quantitative estimate of drug-likeness (QED) is 0.766. The summed E-state index contributed by atoms with van der Waals surface area (Å²) in [6, 6.07) is 14.0. The summed E-state index contributed by atoms with van der Waals surface area (Å²) < 4.78 is 14.5. The maximum Gasteiger partial charge on any atom is 0.163 e. The zero-order chi connectivity index (χ0) is 17.6. The van der Waals surface area contributed by atoms with Crippen molar-refractivity contribution in [3.8, 4) is 0 Å². The molecule has 4 heteroatoms. The summed E-state index contributed by atoms with van der Waals surface area (Å²) in [7, 11) is 0. The van der Waals surface area contributed by atoms with Crippen molar-refractivity contribution in [1.82, 2.24) is 0 Å². The molecule has 0 radical (unpaired) electrons. The van der Waals surface area contributed by atoms with Crippen LogP contribution in [0.3, 0.4) is 0 Å². The Balaban J connectivity index is 1.92. The van der Waals surface area contributed by atoms with E-state index in [4.69, 9.17) is 0 Å². The van der Waals surface area contributed by atoms with Crippen LogP contribution >= 0.6 is 0 Å². The highest BCUT2D eigenvalue weighted by atomic mass is 19.1. The minimum atomic E-state index is -0.490. The van der Waals surface area contributed by atoms with Crippen LogP contribution < -0.4 is 10.6 Å². The standard InChI is InChI=1S/C21H21FN2O/c1-21(2)11-17-19(18(25)12-21)20(13-7-3-4-8-14(13)22)24-16-10-6-5-9-15(16)23-17/h3-10,20,23-24H,11-12H2,1-2H3/t20-/m1/s1. The van der Waals surface area contributed by atoms with Gasteiger partial charge in [0.15, 0.2) is 5.78 Å². The maximum absolute atomic E-state index is 14.5. The fourth-order valence-corrected chi connectivity index (χ4v) is 3.83. The monoisotopic (exact) mass is 336 g/mol. The van der Waals surface area contributed by atoms with Gasteiger partial charge in [-0.3, -0.25) is 4.79 Å². The first-order valence-electron chi connectivity index (χ1n) is 8.58. The van der Waals surface area contributed by atoms with Crippen molar-refractivity contribution in [2.24, 2.45) is 5.41 Å². The first-order chi connectivity index (χ1) is 11.9. The van der Waals surface area contributed by atoms with Gasteiger partial charge in [-0.15, -0.1) is 0 Å². The number of rotatable bonds is 1. The third-order valence-electron chi connectivity index (χ3n) is 4.94. The van der Waals surface area contributed by atoms with Crippen LogP contribution in [-0.4, -0.2) is 5.78 Å². The molecular formula is C21H21FN2O. The minimum absolute atomic E-state index is 0.0762. The molecule has 2 aromatic carbocycles. The highest BCUT2D eigenvalue weighted by Crippen LogP contribution is 2.45. The predicted molar refractivity (Wildman–Crippen MR) is 97.9 cm³/mol. The van der Waals surface area contributed by atoms with Gasteiger partial charge in [0, 0.05) is 23.3 Å². The van der Waals surface area contributed by atoms with Gasteiger partial charge in [-0.2, -0.15) is 0 Å². The maximum atomic E-state index is 14.5. The molecule has 128 valence electrons. The molecule has 1 atom stereocenters. The summed E-state index contributed by atoms with van der Waals surface area (Å²) in [5, 5.41) is 6.83. The number of benzene rings is 2. The molecule has 0 unspecified atom stereocenters. The molecule has 0 saturated heterocycles. The Labute approximate surface area is 146 Å². The molecule has 0 aromatic heterocycles. The third-order valence-corrected chi connectivity index (χ3v) is 4.94. The summed E-state index contributed by atoms with van der Waals surface area (Å²) in [6.45, 7) is 4.19. The molecule has 1 aliphatic heterocycles. The fourth-order valence-electron chi connectivity index (χ4n) is 3.83. The zero-order valence-electron chi connectivity index (χ0n) is 14.4. The van der Waals surface area contributed by atoms with E-state index in [0.717, 1.165) is 23.5 Å². The largest absolute Gasteiger partial charge is 0.372 e. The van der Waals surface area contributed by atoms with Crippen LogP contribution in [0.4, 0.5) is 15.8 Å². The lowest BCUT2D eigenvalue weighted by molar-refractivity contribution is -0.118. The number of halogens is 1. The molecule has 0 fully saturated rings. The van der Waals surface area contributed by atoms with Crippen LogP contribution in [0.2, 0.25) is 0 Å². The first-order valence-corrected chi connectivity index (χ1v) is 8.58. The Morgan fingerprint density at radius 2 is 1.68 bits per heavy atom.